The van der Waals surface area contributed by atoms with Crippen molar-refractivity contribution in [3.63, 3.8) is 0 Å². The lowest BCUT2D eigenvalue weighted by molar-refractivity contribution is -0.130. The van der Waals surface area contributed by atoms with E-state index in [0.717, 1.165) is 25.2 Å². The molecule has 0 saturated heterocycles. The molecule has 86 valence electrons. The van der Waals surface area contributed by atoms with E-state index in [4.69, 9.17) is 0 Å². The molecule has 2 aliphatic carbocycles. The maximum Gasteiger partial charge on any atom is 0.139 e. The summed E-state index contributed by atoms with van der Waals surface area (Å²) in [4.78, 5) is 12.3. The van der Waals surface area contributed by atoms with E-state index in [0.29, 0.717) is 5.78 Å². The Hall–Kier alpha value is -0.330. The summed E-state index contributed by atoms with van der Waals surface area (Å²) in [5.74, 6) is 1.31. The van der Waals surface area contributed by atoms with Crippen LogP contribution in [0.1, 0.15) is 71.1 Å². The lowest BCUT2D eigenvalue weighted by Gasteiger charge is -2.32. The van der Waals surface area contributed by atoms with Crippen molar-refractivity contribution in [2.45, 2.75) is 71.1 Å². The number of rotatable bonds is 3. The monoisotopic (exact) mass is 208 g/mol. The fourth-order valence-corrected chi connectivity index (χ4v) is 3.33. The molecule has 2 aliphatic rings. The van der Waals surface area contributed by atoms with Crippen LogP contribution in [-0.4, -0.2) is 5.78 Å². The Labute approximate surface area is 93.6 Å². The molecule has 2 rings (SSSR count). The highest BCUT2D eigenvalue weighted by atomic mass is 16.1. The van der Waals surface area contributed by atoms with Gasteiger partial charge in [-0.1, -0.05) is 51.9 Å². The zero-order valence-corrected chi connectivity index (χ0v) is 10.1. The molecule has 0 aromatic carbocycles. The van der Waals surface area contributed by atoms with Gasteiger partial charge in [0, 0.05) is 11.8 Å². The van der Waals surface area contributed by atoms with Crippen LogP contribution in [0.15, 0.2) is 0 Å². The number of ketones is 1. The average molecular weight is 208 g/mol. The summed E-state index contributed by atoms with van der Waals surface area (Å²) in [5, 5.41) is 0. The zero-order valence-electron chi connectivity index (χ0n) is 10.1. The molecule has 0 heterocycles. The van der Waals surface area contributed by atoms with Crippen molar-refractivity contribution in [1.82, 2.24) is 0 Å². The molecule has 0 unspecified atom stereocenters. The number of carbonyl (C=O) groups excluding carboxylic acids is 1. The van der Waals surface area contributed by atoms with Gasteiger partial charge in [0.2, 0.25) is 0 Å². The first-order valence-corrected chi connectivity index (χ1v) is 6.74. The first-order chi connectivity index (χ1) is 7.21. The van der Waals surface area contributed by atoms with Crippen LogP contribution in [0.4, 0.5) is 0 Å². The largest absolute Gasteiger partial charge is 0.299 e. The van der Waals surface area contributed by atoms with E-state index in [1.54, 1.807) is 0 Å². The van der Waals surface area contributed by atoms with Gasteiger partial charge < -0.3 is 0 Å². The molecule has 0 atom stereocenters. The third-order valence-electron chi connectivity index (χ3n) is 4.58. The van der Waals surface area contributed by atoms with Crippen LogP contribution < -0.4 is 0 Å². The van der Waals surface area contributed by atoms with Crippen molar-refractivity contribution in [3.05, 3.63) is 0 Å². The summed E-state index contributed by atoms with van der Waals surface area (Å²) < 4.78 is 0. The van der Waals surface area contributed by atoms with Crippen molar-refractivity contribution < 1.29 is 4.79 Å². The second-order valence-corrected chi connectivity index (χ2v) is 5.90. The van der Waals surface area contributed by atoms with Crippen molar-refractivity contribution in [2.24, 2.45) is 11.3 Å². The van der Waals surface area contributed by atoms with Gasteiger partial charge in [-0.15, -0.1) is 0 Å². The SMILES string of the molecule is CC1(C(=O)CC2CCCC2)CCCCC1. The zero-order chi connectivity index (χ0) is 10.7. The van der Waals surface area contributed by atoms with Crippen molar-refractivity contribution in [1.29, 1.82) is 0 Å². The molecule has 0 bridgehead atoms. The van der Waals surface area contributed by atoms with E-state index in [-0.39, 0.29) is 5.41 Å². The molecule has 0 amide bonds. The maximum absolute atomic E-state index is 12.3. The fourth-order valence-electron chi connectivity index (χ4n) is 3.33. The summed E-state index contributed by atoms with van der Waals surface area (Å²) in [6.07, 6.45) is 12.4. The third-order valence-corrected chi connectivity index (χ3v) is 4.58. The summed E-state index contributed by atoms with van der Waals surface area (Å²) >= 11 is 0. The van der Waals surface area contributed by atoms with Gasteiger partial charge >= 0.3 is 0 Å². The van der Waals surface area contributed by atoms with Crippen LogP contribution in [0, 0.1) is 11.3 Å². The predicted octanol–water partition coefficient (Wildman–Crippen LogP) is 4.11. The lowest BCUT2D eigenvalue weighted by atomic mass is 9.71. The molecular weight excluding hydrogens is 184 g/mol. The van der Waals surface area contributed by atoms with Gasteiger partial charge in [0.1, 0.15) is 5.78 Å². The minimum absolute atomic E-state index is 0.0564. The summed E-state index contributed by atoms with van der Waals surface area (Å²) in [7, 11) is 0. The maximum atomic E-state index is 12.3. The Balaban J connectivity index is 1.87. The standard InChI is InChI=1S/C14H24O/c1-14(9-5-2-6-10-14)13(15)11-12-7-3-4-8-12/h12H,2-11H2,1H3. The Kier molecular flexibility index (Phi) is 3.48. The molecule has 1 nitrogen and oxygen atoms in total. The number of hydrogen-bond acceptors (Lipinski definition) is 1. The van der Waals surface area contributed by atoms with Gasteiger partial charge in [-0.25, -0.2) is 0 Å². The summed E-state index contributed by atoms with van der Waals surface area (Å²) in [5.41, 5.74) is 0.0564. The normalized spacial score (nSPS) is 26.7. The second kappa shape index (κ2) is 4.67. The van der Waals surface area contributed by atoms with Crippen LogP contribution in [0.5, 0.6) is 0 Å². The van der Waals surface area contributed by atoms with Gasteiger partial charge in [-0.2, -0.15) is 0 Å². The minimum atomic E-state index is 0.0564. The van der Waals surface area contributed by atoms with Gasteiger partial charge in [-0.3, -0.25) is 4.79 Å². The fraction of sp³-hybridized carbons (Fsp3) is 0.929. The molecule has 0 aromatic heterocycles. The van der Waals surface area contributed by atoms with Gasteiger partial charge in [0.25, 0.3) is 0 Å². The topological polar surface area (TPSA) is 17.1 Å². The highest BCUT2D eigenvalue weighted by molar-refractivity contribution is 5.84. The van der Waals surface area contributed by atoms with Crippen LogP contribution in [0.2, 0.25) is 0 Å². The number of carbonyl (C=O) groups is 1. The first kappa shape index (κ1) is 11.2. The summed E-state index contributed by atoms with van der Waals surface area (Å²) in [6, 6.07) is 0. The van der Waals surface area contributed by atoms with Crippen LogP contribution >= 0.6 is 0 Å². The van der Waals surface area contributed by atoms with Crippen LogP contribution in [0.3, 0.4) is 0 Å². The molecule has 0 N–H and O–H groups in total. The Morgan fingerprint density at radius 2 is 1.67 bits per heavy atom. The van der Waals surface area contributed by atoms with Crippen LogP contribution in [0.25, 0.3) is 0 Å². The third kappa shape index (κ3) is 2.62. The Morgan fingerprint density at radius 1 is 1.07 bits per heavy atom. The minimum Gasteiger partial charge on any atom is -0.299 e. The van der Waals surface area contributed by atoms with Crippen molar-refractivity contribution >= 4 is 5.78 Å². The van der Waals surface area contributed by atoms with Gasteiger partial charge in [0.15, 0.2) is 0 Å². The van der Waals surface area contributed by atoms with Crippen LogP contribution in [-0.2, 0) is 4.79 Å². The highest BCUT2D eigenvalue weighted by Gasteiger charge is 2.35. The molecule has 0 radical (unpaired) electrons. The predicted molar refractivity (Wildman–Crippen MR) is 62.8 cm³/mol. The molecule has 2 saturated carbocycles. The van der Waals surface area contributed by atoms with E-state index >= 15 is 0 Å². The van der Waals surface area contributed by atoms with Gasteiger partial charge in [0.05, 0.1) is 0 Å². The smallest absolute Gasteiger partial charge is 0.139 e. The average Bonchev–Trinajstić information content (AvgIpc) is 2.71. The second-order valence-electron chi connectivity index (χ2n) is 5.90. The quantitative estimate of drug-likeness (QED) is 0.682. The number of hydrogen-bond donors (Lipinski definition) is 0. The van der Waals surface area contributed by atoms with E-state index in [1.807, 2.05) is 0 Å². The van der Waals surface area contributed by atoms with Crippen molar-refractivity contribution in [3.8, 4) is 0 Å². The number of Topliss-reactive ketones (excluding diaryl/α,β-unsaturated/α-hetero) is 1. The van der Waals surface area contributed by atoms with E-state index in [2.05, 4.69) is 6.92 Å². The molecule has 2 fully saturated rings. The Morgan fingerprint density at radius 3 is 2.27 bits per heavy atom. The van der Waals surface area contributed by atoms with Crippen molar-refractivity contribution in [2.75, 3.05) is 0 Å². The molecule has 15 heavy (non-hydrogen) atoms. The van der Waals surface area contributed by atoms with E-state index in [9.17, 15) is 4.79 Å². The molecule has 0 spiro atoms. The van der Waals surface area contributed by atoms with Gasteiger partial charge in [-0.05, 0) is 18.8 Å². The lowest BCUT2D eigenvalue weighted by Crippen LogP contribution is -2.31. The molecule has 0 aliphatic heterocycles. The molecule has 0 aromatic rings. The molecule has 1 heteroatoms. The molecular formula is C14H24O. The Bertz CT molecular complexity index is 219. The summed E-state index contributed by atoms with van der Waals surface area (Å²) in [6.45, 7) is 2.21. The van der Waals surface area contributed by atoms with E-state index < -0.39 is 0 Å². The first-order valence-electron chi connectivity index (χ1n) is 6.74. The van der Waals surface area contributed by atoms with E-state index in [1.165, 1.54) is 44.9 Å². The highest BCUT2D eigenvalue weighted by Crippen LogP contribution is 2.39.